The first-order chi connectivity index (χ1) is 11.2. The van der Waals surface area contributed by atoms with Crippen LogP contribution in [0.5, 0.6) is 23.0 Å². The lowest BCUT2D eigenvalue weighted by molar-refractivity contribution is 0.101. The Balaban J connectivity index is 1.98. The summed E-state index contributed by atoms with van der Waals surface area (Å²) in [6.07, 6.45) is 1.69. The van der Waals surface area contributed by atoms with Crippen LogP contribution in [0, 0.1) is 0 Å². The smallest absolute Gasteiger partial charge is 0.235 e. The van der Waals surface area contributed by atoms with Crippen LogP contribution in [0.4, 0.5) is 0 Å². The lowest BCUT2D eigenvalue weighted by Crippen LogP contribution is -2.01. The number of ketones is 1. The number of Topliss-reactive ketones (excluding diaryl/α,β-unsaturated/α-hetero) is 1. The molecule has 2 aromatic rings. The second-order valence-electron chi connectivity index (χ2n) is 4.89. The molecule has 5 nitrogen and oxygen atoms in total. The van der Waals surface area contributed by atoms with Crippen LogP contribution >= 0.6 is 0 Å². The van der Waals surface area contributed by atoms with E-state index in [0.29, 0.717) is 22.8 Å². The van der Waals surface area contributed by atoms with Gasteiger partial charge in [-0.3, -0.25) is 4.79 Å². The number of hydrogen-bond acceptors (Lipinski definition) is 5. The summed E-state index contributed by atoms with van der Waals surface area (Å²) in [5, 5.41) is 0. The second kappa shape index (κ2) is 6.04. The van der Waals surface area contributed by atoms with E-state index in [4.69, 9.17) is 18.9 Å². The number of methoxy groups -OCH3 is 3. The summed E-state index contributed by atoms with van der Waals surface area (Å²) in [6, 6.07) is 10.8. The van der Waals surface area contributed by atoms with Gasteiger partial charge in [-0.25, -0.2) is 0 Å². The minimum Gasteiger partial charge on any atom is -0.497 e. The highest BCUT2D eigenvalue weighted by molar-refractivity contribution is 6.16. The molecule has 0 unspecified atom stereocenters. The van der Waals surface area contributed by atoms with Gasteiger partial charge in [-0.05, 0) is 35.9 Å². The van der Waals surface area contributed by atoms with E-state index in [0.717, 1.165) is 11.3 Å². The van der Waals surface area contributed by atoms with Crippen LogP contribution < -0.4 is 18.9 Å². The number of ether oxygens (including phenoxy) is 4. The lowest BCUT2D eigenvalue weighted by Gasteiger charge is -2.09. The molecule has 23 heavy (non-hydrogen) atoms. The Labute approximate surface area is 134 Å². The molecule has 0 bridgehead atoms. The van der Waals surface area contributed by atoms with Crippen molar-refractivity contribution in [1.29, 1.82) is 0 Å². The van der Waals surface area contributed by atoms with Crippen molar-refractivity contribution in [3.63, 3.8) is 0 Å². The van der Waals surface area contributed by atoms with Gasteiger partial charge in [0.2, 0.25) is 5.78 Å². The maximum Gasteiger partial charge on any atom is 0.235 e. The fraction of sp³-hybridized carbons (Fsp3) is 0.167. The molecule has 0 atom stereocenters. The SMILES string of the molecule is COc1ccc(/C=C2\Oc3ccc(OC)c(OC)c3C2=O)cc1. The van der Waals surface area contributed by atoms with E-state index < -0.39 is 0 Å². The standard InChI is InChI=1S/C18H16O5/c1-20-12-6-4-11(5-7-12)10-15-17(19)16-13(23-15)8-9-14(21-2)18(16)22-3/h4-10H,1-3H3/b15-10-. The third kappa shape index (κ3) is 2.61. The molecule has 0 N–H and O–H groups in total. The summed E-state index contributed by atoms with van der Waals surface area (Å²) < 4.78 is 21.3. The highest BCUT2D eigenvalue weighted by Crippen LogP contribution is 2.43. The van der Waals surface area contributed by atoms with Crippen LogP contribution in [0.3, 0.4) is 0 Å². The van der Waals surface area contributed by atoms with Crippen LogP contribution in [0.2, 0.25) is 0 Å². The van der Waals surface area contributed by atoms with Gasteiger partial charge in [0.05, 0.1) is 21.3 Å². The van der Waals surface area contributed by atoms with Crippen molar-refractivity contribution in [2.45, 2.75) is 0 Å². The minimum absolute atomic E-state index is 0.230. The van der Waals surface area contributed by atoms with Gasteiger partial charge in [-0.2, -0.15) is 0 Å². The molecule has 1 aliphatic rings. The van der Waals surface area contributed by atoms with Gasteiger partial charge < -0.3 is 18.9 Å². The average Bonchev–Trinajstić information content (AvgIpc) is 2.90. The Morgan fingerprint density at radius 1 is 0.913 bits per heavy atom. The van der Waals surface area contributed by atoms with Crippen molar-refractivity contribution >= 4 is 11.9 Å². The molecule has 2 aromatic carbocycles. The van der Waals surface area contributed by atoms with Crippen LogP contribution in [0.15, 0.2) is 42.2 Å². The predicted octanol–water partition coefficient (Wildman–Crippen LogP) is 3.33. The Morgan fingerprint density at radius 2 is 1.65 bits per heavy atom. The van der Waals surface area contributed by atoms with Crippen molar-refractivity contribution in [3.8, 4) is 23.0 Å². The normalized spacial score (nSPS) is 14.4. The highest BCUT2D eigenvalue weighted by Gasteiger charge is 2.32. The molecule has 1 heterocycles. The third-order valence-corrected chi connectivity index (χ3v) is 3.59. The van der Waals surface area contributed by atoms with E-state index in [-0.39, 0.29) is 11.5 Å². The van der Waals surface area contributed by atoms with Gasteiger partial charge >= 0.3 is 0 Å². The zero-order chi connectivity index (χ0) is 16.4. The molecule has 0 aliphatic carbocycles. The number of benzene rings is 2. The molecular weight excluding hydrogens is 296 g/mol. The van der Waals surface area contributed by atoms with Gasteiger partial charge in [-0.15, -0.1) is 0 Å². The topological polar surface area (TPSA) is 54.0 Å². The van der Waals surface area contributed by atoms with E-state index in [1.165, 1.54) is 14.2 Å². The average molecular weight is 312 g/mol. The Hall–Kier alpha value is -2.95. The summed E-state index contributed by atoms with van der Waals surface area (Å²) in [6.45, 7) is 0. The van der Waals surface area contributed by atoms with Crippen molar-refractivity contribution in [3.05, 3.63) is 53.3 Å². The number of rotatable bonds is 4. The monoisotopic (exact) mass is 312 g/mol. The molecule has 0 saturated carbocycles. The molecule has 0 saturated heterocycles. The molecule has 1 aliphatic heterocycles. The maximum absolute atomic E-state index is 12.6. The maximum atomic E-state index is 12.6. The summed E-state index contributed by atoms with van der Waals surface area (Å²) in [4.78, 5) is 12.6. The summed E-state index contributed by atoms with van der Waals surface area (Å²) in [7, 11) is 4.63. The quantitative estimate of drug-likeness (QED) is 0.811. The Bertz CT molecular complexity index is 775. The van der Waals surface area contributed by atoms with Crippen molar-refractivity contribution in [1.82, 2.24) is 0 Å². The molecular formula is C18H16O5. The van der Waals surface area contributed by atoms with Gasteiger partial charge in [0.15, 0.2) is 17.3 Å². The summed E-state index contributed by atoms with van der Waals surface area (Å²) in [5.74, 6) is 2.11. The van der Waals surface area contributed by atoms with Crippen LogP contribution in [-0.2, 0) is 0 Å². The number of hydrogen-bond donors (Lipinski definition) is 0. The van der Waals surface area contributed by atoms with E-state index in [1.807, 2.05) is 24.3 Å². The first-order valence-electron chi connectivity index (χ1n) is 7.01. The summed E-state index contributed by atoms with van der Waals surface area (Å²) >= 11 is 0. The molecule has 0 spiro atoms. The number of fused-ring (bicyclic) bond motifs is 1. The zero-order valence-electron chi connectivity index (χ0n) is 13.1. The van der Waals surface area contributed by atoms with E-state index in [9.17, 15) is 4.79 Å². The molecule has 5 heteroatoms. The summed E-state index contributed by atoms with van der Waals surface area (Å²) in [5.41, 5.74) is 1.22. The van der Waals surface area contributed by atoms with Crippen molar-refractivity contribution < 1.29 is 23.7 Å². The Morgan fingerprint density at radius 3 is 2.26 bits per heavy atom. The van der Waals surface area contributed by atoms with Gasteiger partial charge in [0.1, 0.15) is 17.1 Å². The van der Waals surface area contributed by atoms with E-state index in [1.54, 1.807) is 25.3 Å². The first-order valence-corrected chi connectivity index (χ1v) is 7.01. The van der Waals surface area contributed by atoms with Crippen LogP contribution in [-0.4, -0.2) is 27.1 Å². The highest BCUT2D eigenvalue weighted by atomic mass is 16.5. The molecule has 0 fully saturated rings. The Kier molecular flexibility index (Phi) is 3.93. The third-order valence-electron chi connectivity index (χ3n) is 3.59. The lowest BCUT2D eigenvalue weighted by atomic mass is 10.1. The fourth-order valence-electron chi connectivity index (χ4n) is 2.44. The fourth-order valence-corrected chi connectivity index (χ4v) is 2.44. The first kappa shape index (κ1) is 15.0. The molecule has 3 rings (SSSR count). The molecule has 0 amide bonds. The second-order valence-corrected chi connectivity index (χ2v) is 4.89. The number of allylic oxidation sites excluding steroid dienone is 1. The molecule has 118 valence electrons. The van der Waals surface area contributed by atoms with Crippen molar-refractivity contribution in [2.75, 3.05) is 21.3 Å². The van der Waals surface area contributed by atoms with E-state index >= 15 is 0 Å². The molecule has 0 aromatic heterocycles. The van der Waals surface area contributed by atoms with Crippen LogP contribution in [0.25, 0.3) is 6.08 Å². The van der Waals surface area contributed by atoms with Gasteiger partial charge in [0, 0.05) is 0 Å². The predicted molar refractivity (Wildman–Crippen MR) is 85.5 cm³/mol. The zero-order valence-corrected chi connectivity index (χ0v) is 13.1. The van der Waals surface area contributed by atoms with Gasteiger partial charge in [0.25, 0.3) is 0 Å². The largest absolute Gasteiger partial charge is 0.497 e. The number of carbonyl (C=O) groups is 1. The van der Waals surface area contributed by atoms with E-state index in [2.05, 4.69) is 0 Å². The van der Waals surface area contributed by atoms with Gasteiger partial charge in [-0.1, -0.05) is 12.1 Å². The van der Waals surface area contributed by atoms with Crippen molar-refractivity contribution in [2.24, 2.45) is 0 Å². The molecule has 0 radical (unpaired) electrons. The van der Waals surface area contributed by atoms with Crippen LogP contribution in [0.1, 0.15) is 15.9 Å². The minimum atomic E-state index is -0.230. The number of carbonyl (C=O) groups excluding carboxylic acids is 1.